The van der Waals surface area contributed by atoms with E-state index >= 15 is 0 Å². The van der Waals surface area contributed by atoms with Crippen LogP contribution in [0.2, 0.25) is 0 Å². The molecule has 0 spiro atoms. The lowest BCUT2D eigenvalue weighted by Crippen LogP contribution is -3.27. The van der Waals surface area contributed by atoms with E-state index in [2.05, 4.69) is 66.6 Å². The van der Waals surface area contributed by atoms with Crippen LogP contribution >= 0.6 is 0 Å². The first-order valence-electron chi connectivity index (χ1n) is 10.7. The SMILES string of the molecule is CC(C)(C)n1nnnc1[C@@H](c1ccccc1F)[NH+]1CC[NH+](Cc2ccccc2)CC1. The summed E-state index contributed by atoms with van der Waals surface area (Å²) in [6.07, 6.45) is 0. The number of halogens is 1. The molecule has 3 aromatic rings. The van der Waals surface area contributed by atoms with Crippen molar-refractivity contribution in [1.29, 1.82) is 0 Å². The molecular formula is C23H31FN6+2. The third-order valence-corrected chi connectivity index (χ3v) is 5.91. The summed E-state index contributed by atoms with van der Waals surface area (Å²) in [5.74, 6) is 0.534. The van der Waals surface area contributed by atoms with Crippen LogP contribution in [0, 0.1) is 5.82 Å². The lowest BCUT2D eigenvalue weighted by atomic mass is 10.0. The average molecular weight is 411 g/mol. The van der Waals surface area contributed by atoms with Gasteiger partial charge in [0.1, 0.15) is 38.5 Å². The molecule has 6 nitrogen and oxygen atoms in total. The van der Waals surface area contributed by atoms with Gasteiger partial charge in [0.15, 0.2) is 6.04 Å². The first kappa shape index (κ1) is 20.6. The van der Waals surface area contributed by atoms with E-state index in [4.69, 9.17) is 0 Å². The molecular weight excluding hydrogens is 379 g/mol. The Morgan fingerprint density at radius 1 is 0.967 bits per heavy atom. The topological polar surface area (TPSA) is 52.5 Å². The Kier molecular flexibility index (Phi) is 5.92. The van der Waals surface area contributed by atoms with E-state index < -0.39 is 0 Å². The van der Waals surface area contributed by atoms with Crippen molar-refractivity contribution in [3.05, 3.63) is 77.4 Å². The van der Waals surface area contributed by atoms with Gasteiger partial charge in [0.05, 0.1) is 11.1 Å². The van der Waals surface area contributed by atoms with Crippen molar-refractivity contribution in [3.63, 3.8) is 0 Å². The molecule has 30 heavy (non-hydrogen) atoms. The maximum Gasteiger partial charge on any atom is 0.214 e. The molecule has 2 N–H and O–H groups in total. The zero-order chi connectivity index (χ0) is 21.1. The Hall–Kier alpha value is -2.64. The normalized spacial score (nSPS) is 20.8. The standard InChI is InChI=1S/C23H29FN6/c1-23(2,3)30-22(25-26-27-30)21(19-11-7-8-12-20(19)24)29-15-13-28(14-16-29)17-18-9-5-4-6-10-18/h4-12,21H,13-17H2,1-3H3/p+2/t21-/m1/s1. The zero-order valence-corrected chi connectivity index (χ0v) is 18.0. The molecule has 4 rings (SSSR count). The monoisotopic (exact) mass is 410 g/mol. The van der Waals surface area contributed by atoms with Crippen LogP contribution in [-0.2, 0) is 12.1 Å². The minimum absolute atomic E-state index is 0.197. The van der Waals surface area contributed by atoms with Gasteiger partial charge in [-0.2, -0.15) is 0 Å². The van der Waals surface area contributed by atoms with Crippen LogP contribution < -0.4 is 9.80 Å². The minimum Gasteiger partial charge on any atom is -0.322 e. The molecule has 1 saturated heterocycles. The van der Waals surface area contributed by atoms with Crippen molar-refractivity contribution in [2.45, 2.75) is 38.9 Å². The van der Waals surface area contributed by atoms with Crippen molar-refractivity contribution in [1.82, 2.24) is 20.2 Å². The van der Waals surface area contributed by atoms with Crippen LogP contribution in [0.4, 0.5) is 4.39 Å². The van der Waals surface area contributed by atoms with Crippen LogP contribution in [0.25, 0.3) is 0 Å². The van der Waals surface area contributed by atoms with E-state index in [9.17, 15) is 4.39 Å². The summed E-state index contributed by atoms with van der Waals surface area (Å²) in [4.78, 5) is 2.88. The number of nitrogens with zero attached hydrogens (tertiary/aromatic N) is 4. The molecule has 1 aromatic heterocycles. The second-order valence-electron chi connectivity index (χ2n) is 9.14. The first-order chi connectivity index (χ1) is 14.4. The summed E-state index contributed by atoms with van der Waals surface area (Å²) in [5, 5.41) is 12.6. The number of benzene rings is 2. The smallest absolute Gasteiger partial charge is 0.214 e. The highest BCUT2D eigenvalue weighted by molar-refractivity contribution is 5.24. The summed E-state index contributed by atoms with van der Waals surface area (Å²) in [6.45, 7) is 11.2. The van der Waals surface area contributed by atoms with Gasteiger partial charge in [0, 0.05) is 5.56 Å². The molecule has 0 saturated carbocycles. The number of piperazine rings is 1. The number of nitrogens with one attached hydrogen (secondary N) is 2. The summed E-state index contributed by atoms with van der Waals surface area (Å²) in [7, 11) is 0. The van der Waals surface area contributed by atoms with Crippen molar-refractivity contribution in [2.75, 3.05) is 26.2 Å². The molecule has 158 valence electrons. The van der Waals surface area contributed by atoms with Crippen LogP contribution in [0.3, 0.4) is 0 Å². The average Bonchev–Trinajstić information content (AvgIpc) is 3.22. The van der Waals surface area contributed by atoms with E-state index in [1.54, 1.807) is 11.0 Å². The Morgan fingerprint density at radius 2 is 1.63 bits per heavy atom. The van der Waals surface area contributed by atoms with E-state index in [-0.39, 0.29) is 17.4 Å². The maximum atomic E-state index is 14.9. The Balaban J connectivity index is 1.59. The fourth-order valence-electron chi connectivity index (χ4n) is 4.38. The zero-order valence-electron chi connectivity index (χ0n) is 18.0. The third-order valence-electron chi connectivity index (χ3n) is 5.91. The van der Waals surface area contributed by atoms with E-state index in [1.807, 2.05) is 16.8 Å². The lowest BCUT2D eigenvalue weighted by Gasteiger charge is -2.35. The number of tetrazole rings is 1. The highest BCUT2D eigenvalue weighted by Crippen LogP contribution is 2.24. The molecule has 1 aliphatic rings. The Labute approximate surface area is 177 Å². The van der Waals surface area contributed by atoms with Crippen LogP contribution in [0.1, 0.15) is 43.8 Å². The molecule has 0 amide bonds. The van der Waals surface area contributed by atoms with Crippen molar-refractivity contribution in [3.8, 4) is 0 Å². The van der Waals surface area contributed by atoms with Crippen molar-refractivity contribution in [2.24, 2.45) is 0 Å². The summed E-state index contributed by atoms with van der Waals surface area (Å²) >= 11 is 0. The largest absolute Gasteiger partial charge is 0.322 e. The lowest BCUT2D eigenvalue weighted by molar-refractivity contribution is -1.03. The number of hydrogen-bond acceptors (Lipinski definition) is 3. The maximum absolute atomic E-state index is 14.9. The number of aromatic nitrogens is 4. The highest BCUT2D eigenvalue weighted by atomic mass is 19.1. The van der Waals surface area contributed by atoms with Crippen molar-refractivity contribution < 1.29 is 14.2 Å². The van der Waals surface area contributed by atoms with E-state index in [0.29, 0.717) is 5.56 Å². The number of hydrogen-bond donors (Lipinski definition) is 2. The Bertz CT molecular complexity index is 957. The second kappa shape index (κ2) is 8.62. The second-order valence-corrected chi connectivity index (χ2v) is 9.14. The predicted octanol–water partition coefficient (Wildman–Crippen LogP) is 0.640. The fraction of sp³-hybridized carbons (Fsp3) is 0.435. The number of rotatable bonds is 5. The third kappa shape index (κ3) is 4.42. The van der Waals surface area contributed by atoms with Gasteiger partial charge in [0.2, 0.25) is 5.82 Å². The van der Waals surface area contributed by atoms with Crippen LogP contribution in [-0.4, -0.2) is 46.4 Å². The molecule has 1 atom stereocenters. The first-order valence-corrected chi connectivity index (χ1v) is 10.7. The summed E-state index contributed by atoms with van der Waals surface area (Å²) < 4.78 is 16.7. The minimum atomic E-state index is -0.276. The summed E-state index contributed by atoms with van der Waals surface area (Å²) in [5.41, 5.74) is 1.75. The quantitative estimate of drug-likeness (QED) is 0.649. The van der Waals surface area contributed by atoms with Gasteiger partial charge in [-0.25, -0.2) is 9.07 Å². The molecule has 0 unspecified atom stereocenters. The Morgan fingerprint density at radius 3 is 2.30 bits per heavy atom. The van der Waals surface area contributed by atoms with E-state index in [1.165, 1.54) is 16.5 Å². The van der Waals surface area contributed by atoms with Gasteiger partial charge in [-0.15, -0.1) is 5.10 Å². The van der Waals surface area contributed by atoms with Gasteiger partial charge in [-0.3, -0.25) is 0 Å². The predicted molar refractivity (Wildman–Crippen MR) is 113 cm³/mol. The molecule has 2 aromatic carbocycles. The molecule has 1 fully saturated rings. The van der Waals surface area contributed by atoms with Crippen LogP contribution in [0.15, 0.2) is 54.6 Å². The van der Waals surface area contributed by atoms with Gasteiger partial charge >= 0.3 is 0 Å². The molecule has 0 bridgehead atoms. The number of quaternary nitrogens is 2. The van der Waals surface area contributed by atoms with E-state index in [0.717, 1.165) is 38.5 Å². The fourth-order valence-corrected chi connectivity index (χ4v) is 4.38. The van der Waals surface area contributed by atoms with Crippen LogP contribution in [0.5, 0.6) is 0 Å². The van der Waals surface area contributed by atoms with Gasteiger partial charge in [0.25, 0.3) is 0 Å². The van der Waals surface area contributed by atoms with Crippen molar-refractivity contribution >= 4 is 0 Å². The van der Waals surface area contributed by atoms with Gasteiger partial charge < -0.3 is 9.80 Å². The molecule has 1 aliphatic heterocycles. The van der Waals surface area contributed by atoms with Gasteiger partial charge in [-0.05, 0) is 43.3 Å². The van der Waals surface area contributed by atoms with Gasteiger partial charge in [-0.1, -0.05) is 42.5 Å². The summed E-state index contributed by atoms with van der Waals surface area (Å²) in [6, 6.07) is 17.4. The molecule has 0 aliphatic carbocycles. The molecule has 7 heteroatoms. The highest BCUT2D eigenvalue weighted by Gasteiger charge is 2.38. The molecule has 2 heterocycles. The molecule has 0 radical (unpaired) electrons.